The van der Waals surface area contributed by atoms with Crippen LogP contribution in [0.25, 0.3) is 0 Å². The average molecular weight is 356 g/mol. The standard InChI is InChI=1S/C19H20N2O3S/c1-14-8-9-17(12-15(14)2)21(18-10-11-25(23,24)13-18)19(22)20-16-6-4-3-5-7-16/h3-12,18H,13H2,1-2H3,(H,20,22)/t18-/m0/s1. The van der Waals surface area contributed by atoms with Crippen molar-refractivity contribution in [1.82, 2.24) is 0 Å². The summed E-state index contributed by atoms with van der Waals surface area (Å²) < 4.78 is 23.7. The van der Waals surface area contributed by atoms with Crippen molar-refractivity contribution in [2.45, 2.75) is 19.9 Å². The Morgan fingerprint density at radius 1 is 1.08 bits per heavy atom. The number of hydrogen-bond acceptors (Lipinski definition) is 3. The van der Waals surface area contributed by atoms with Crippen molar-refractivity contribution in [1.29, 1.82) is 0 Å². The highest BCUT2D eigenvalue weighted by Crippen LogP contribution is 2.26. The van der Waals surface area contributed by atoms with Crippen LogP contribution in [0.5, 0.6) is 0 Å². The van der Waals surface area contributed by atoms with Gasteiger partial charge in [0.15, 0.2) is 9.84 Å². The van der Waals surface area contributed by atoms with Crippen molar-refractivity contribution in [3.05, 3.63) is 71.1 Å². The number of hydrogen-bond donors (Lipinski definition) is 1. The van der Waals surface area contributed by atoms with Crippen LogP contribution >= 0.6 is 0 Å². The molecule has 0 saturated heterocycles. The number of amides is 2. The van der Waals surface area contributed by atoms with Crippen LogP contribution < -0.4 is 10.2 Å². The lowest BCUT2D eigenvalue weighted by atomic mass is 10.1. The summed E-state index contributed by atoms with van der Waals surface area (Å²) in [6.07, 6.45) is 1.56. The number of sulfone groups is 1. The van der Waals surface area contributed by atoms with Crippen molar-refractivity contribution in [3.63, 3.8) is 0 Å². The van der Waals surface area contributed by atoms with Gasteiger partial charge >= 0.3 is 6.03 Å². The lowest BCUT2D eigenvalue weighted by molar-refractivity contribution is 0.256. The smallest absolute Gasteiger partial charge is 0.308 e. The molecule has 130 valence electrons. The Kier molecular flexibility index (Phi) is 4.63. The molecule has 1 aliphatic rings. The van der Waals surface area contributed by atoms with Gasteiger partial charge in [0.1, 0.15) is 0 Å². The van der Waals surface area contributed by atoms with Gasteiger partial charge in [-0.05, 0) is 55.3 Å². The van der Waals surface area contributed by atoms with E-state index in [-0.39, 0.29) is 11.8 Å². The molecule has 2 amide bonds. The first-order chi connectivity index (χ1) is 11.9. The molecule has 1 N–H and O–H groups in total. The van der Waals surface area contributed by atoms with E-state index in [0.29, 0.717) is 11.4 Å². The second-order valence-corrected chi connectivity index (χ2v) is 8.09. The molecule has 0 aliphatic carbocycles. The highest BCUT2D eigenvalue weighted by Gasteiger charge is 2.31. The van der Waals surface area contributed by atoms with Gasteiger partial charge in [0.05, 0.1) is 11.8 Å². The Balaban J connectivity index is 1.95. The van der Waals surface area contributed by atoms with E-state index >= 15 is 0 Å². The maximum absolute atomic E-state index is 12.9. The first-order valence-corrected chi connectivity index (χ1v) is 9.71. The number of anilines is 2. The van der Waals surface area contributed by atoms with Gasteiger partial charge in [0.25, 0.3) is 0 Å². The Hall–Kier alpha value is -2.60. The molecular formula is C19H20N2O3S. The van der Waals surface area contributed by atoms with Crippen LogP contribution in [0, 0.1) is 13.8 Å². The molecule has 3 rings (SSSR count). The third kappa shape index (κ3) is 3.91. The van der Waals surface area contributed by atoms with E-state index in [1.54, 1.807) is 18.2 Å². The van der Waals surface area contributed by atoms with Crippen molar-refractivity contribution < 1.29 is 13.2 Å². The van der Waals surface area contributed by atoms with Gasteiger partial charge < -0.3 is 5.32 Å². The molecule has 0 bridgehead atoms. The number of benzene rings is 2. The average Bonchev–Trinajstić information content (AvgIpc) is 2.91. The molecule has 2 aromatic rings. The number of aryl methyl sites for hydroxylation is 2. The summed E-state index contributed by atoms with van der Waals surface area (Å²) in [7, 11) is -3.28. The Bertz CT molecular complexity index is 921. The second kappa shape index (κ2) is 6.72. The molecule has 25 heavy (non-hydrogen) atoms. The Morgan fingerprint density at radius 2 is 1.80 bits per heavy atom. The van der Waals surface area contributed by atoms with Crippen LogP contribution in [-0.2, 0) is 9.84 Å². The van der Waals surface area contributed by atoms with Gasteiger partial charge in [-0.25, -0.2) is 13.2 Å². The zero-order valence-corrected chi connectivity index (χ0v) is 15.0. The minimum Gasteiger partial charge on any atom is -0.308 e. The van der Waals surface area contributed by atoms with Crippen LogP contribution in [0.3, 0.4) is 0 Å². The zero-order chi connectivity index (χ0) is 18.0. The van der Waals surface area contributed by atoms with Crippen molar-refractivity contribution >= 4 is 27.2 Å². The van der Waals surface area contributed by atoms with E-state index in [4.69, 9.17) is 0 Å². The Morgan fingerprint density at radius 3 is 2.40 bits per heavy atom. The van der Waals surface area contributed by atoms with Crippen LogP contribution in [-0.4, -0.2) is 26.2 Å². The molecular weight excluding hydrogens is 336 g/mol. The summed E-state index contributed by atoms with van der Waals surface area (Å²) in [5.74, 6) is -0.109. The summed E-state index contributed by atoms with van der Waals surface area (Å²) in [4.78, 5) is 14.4. The first kappa shape index (κ1) is 17.2. The van der Waals surface area contributed by atoms with E-state index in [1.807, 2.05) is 50.2 Å². The van der Waals surface area contributed by atoms with Gasteiger partial charge in [-0.1, -0.05) is 24.3 Å². The molecule has 1 aliphatic heterocycles. The predicted octanol–water partition coefficient (Wildman–Crippen LogP) is 3.65. The number of carbonyl (C=O) groups is 1. The van der Waals surface area contributed by atoms with Crippen LogP contribution in [0.15, 0.2) is 60.0 Å². The molecule has 2 aromatic carbocycles. The van der Waals surface area contributed by atoms with Gasteiger partial charge in [-0.2, -0.15) is 0 Å². The highest BCUT2D eigenvalue weighted by atomic mass is 32.2. The molecule has 0 aromatic heterocycles. The van der Waals surface area contributed by atoms with Gasteiger partial charge in [-0.3, -0.25) is 4.90 Å². The molecule has 0 saturated carbocycles. The van der Waals surface area contributed by atoms with Crippen LogP contribution in [0.1, 0.15) is 11.1 Å². The summed E-state index contributed by atoms with van der Waals surface area (Å²) in [5, 5.41) is 4.02. The number of urea groups is 1. The van der Waals surface area contributed by atoms with Crippen molar-refractivity contribution in [2.75, 3.05) is 16.0 Å². The van der Waals surface area contributed by atoms with Gasteiger partial charge in [-0.15, -0.1) is 0 Å². The fourth-order valence-corrected chi connectivity index (χ4v) is 4.03. The van der Waals surface area contributed by atoms with Crippen LogP contribution in [0.2, 0.25) is 0 Å². The number of carbonyl (C=O) groups excluding carboxylic acids is 1. The molecule has 1 atom stereocenters. The normalized spacial score (nSPS) is 18.1. The summed E-state index contributed by atoms with van der Waals surface area (Å²) in [5.41, 5.74) is 3.48. The molecule has 0 unspecified atom stereocenters. The molecule has 0 spiro atoms. The Labute approximate surface area is 147 Å². The third-order valence-corrected chi connectivity index (χ3v) is 5.63. The van der Waals surface area contributed by atoms with Crippen molar-refractivity contribution in [2.24, 2.45) is 0 Å². The zero-order valence-electron chi connectivity index (χ0n) is 14.1. The number of nitrogens with one attached hydrogen (secondary N) is 1. The lowest BCUT2D eigenvalue weighted by Gasteiger charge is -2.28. The van der Waals surface area contributed by atoms with E-state index in [0.717, 1.165) is 11.1 Å². The predicted molar refractivity (Wildman–Crippen MR) is 101 cm³/mol. The largest absolute Gasteiger partial charge is 0.326 e. The molecule has 0 fully saturated rings. The van der Waals surface area contributed by atoms with Crippen LogP contribution in [0.4, 0.5) is 16.2 Å². The minimum atomic E-state index is -3.28. The molecule has 0 radical (unpaired) electrons. The topological polar surface area (TPSA) is 66.5 Å². The third-order valence-electron chi connectivity index (χ3n) is 4.26. The maximum Gasteiger partial charge on any atom is 0.326 e. The lowest BCUT2D eigenvalue weighted by Crippen LogP contribution is -2.43. The number of para-hydroxylation sites is 1. The monoisotopic (exact) mass is 356 g/mol. The molecule has 6 heteroatoms. The van der Waals surface area contributed by atoms with E-state index in [9.17, 15) is 13.2 Å². The van der Waals surface area contributed by atoms with Gasteiger partial charge in [0, 0.05) is 16.8 Å². The number of rotatable bonds is 3. The summed E-state index contributed by atoms with van der Waals surface area (Å²) >= 11 is 0. The second-order valence-electron chi connectivity index (χ2n) is 6.16. The molecule has 5 nitrogen and oxygen atoms in total. The van der Waals surface area contributed by atoms with E-state index in [2.05, 4.69) is 5.32 Å². The van der Waals surface area contributed by atoms with E-state index in [1.165, 1.54) is 10.3 Å². The summed E-state index contributed by atoms with van der Waals surface area (Å²) in [6, 6.07) is 13.9. The summed E-state index contributed by atoms with van der Waals surface area (Å²) in [6.45, 7) is 3.96. The fourth-order valence-electron chi connectivity index (χ4n) is 2.76. The van der Waals surface area contributed by atoms with Gasteiger partial charge in [0.2, 0.25) is 0 Å². The minimum absolute atomic E-state index is 0.109. The van der Waals surface area contributed by atoms with Crippen molar-refractivity contribution in [3.8, 4) is 0 Å². The maximum atomic E-state index is 12.9. The molecule has 1 heterocycles. The van der Waals surface area contributed by atoms with E-state index < -0.39 is 15.9 Å². The SMILES string of the molecule is Cc1ccc(N(C(=O)Nc2ccccc2)[C@H]2C=CS(=O)(=O)C2)cc1C. The fraction of sp³-hybridized carbons (Fsp3) is 0.211. The highest BCUT2D eigenvalue weighted by molar-refractivity contribution is 7.94. The first-order valence-electron chi connectivity index (χ1n) is 7.99. The quantitative estimate of drug-likeness (QED) is 0.913. The number of nitrogens with zero attached hydrogens (tertiary/aromatic N) is 1.